The molecule has 0 aliphatic carbocycles. The number of thioether (sulfide) groups is 1. The highest BCUT2D eigenvalue weighted by Crippen LogP contribution is 2.28. The molecule has 1 amide bonds. The largest absolute Gasteiger partial charge is 0.350 e. The van der Waals surface area contributed by atoms with Gasteiger partial charge in [0.2, 0.25) is 17.6 Å². The Labute approximate surface area is 155 Å². The van der Waals surface area contributed by atoms with Crippen LogP contribution < -0.4 is 5.32 Å². The SMILES string of the molecule is CC(C)c1nc(-c2cccnc2SCC(=O)NCc2ccccn2)no1. The average Bonchev–Trinajstić information content (AvgIpc) is 3.16. The van der Waals surface area contributed by atoms with E-state index in [0.717, 1.165) is 11.3 Å². The lowest BCUT2D eigenvalue weighted by Gasteiger charge is -2.06. The molecule has 0 saturated heterocycles. The van der Waals surface area contributed by atoms with Gasteiger partial charge in [-0.2, -0.15) is 4.98 Å². The molecule has 0 saturated carbocycles. The van der Waals surface area contributed by atoms with Crippen molar-refractivity contribution in [3.05, 3.63) is 54.3 Å². The number of pyridine rings is 2. The molecule has 0 spiro atoms. The van der Waals surface area contributed by atoms with Crippen LogP contribution in [0.15, 0.2) is 52.3 Å². The first kappa shape index (κ1) is 18.1. The third-order valence-corrected chi connectivity index (χ3v) is 4.49. The molecular weight excluding hydrogens is 350 g/mol. The molecule has 26 heavy (non-hydrogen) atoms. The smallest absolute Gasteiger partial charge is 0.230 e. The van der Waals surface area contributed by atoms with Crippen LogP contribution in [0.4, 0.5) is 0 Å². The summed E-state index contributed by atoms with van der Waals surface area (Å²) in [5.41, 5.74) is 1.57. The molecule has 0 bridgehead atoms. The highest BCUT2D eigenvalue weighted by Gasteiger charge is 2.16. The summed E-state index contributed by atoms with van der Waals surface area (Å²) in [5, 5.41) is 7.56. The van der Waals surface area contributed by atoms with E-state index < -0.39 is 0 Å². The van der Waals surface area contributed by atoms with Gasteiger partial charge in [0.25, 0.3) is 0 Å². The van der Waals surface area contributed by atoms with E-state index in [0.29, 0.717) is 23.3 Å². The summed E-state index contributed by atoms with van der Waals surface area (Å²) >= 11 is 1.34. The zero-order valence-corrected chi connectivity index (χ0v) is 15.4. The van der Waals surface area contributed by atoms with E-state index in [4.69, 9.17) is 4.52 Å². The summed E-state index contributed by atoms with van der Waals surface area (Å²) in [6, 6.07) is 9.28. The van der Waals surface area contributed by atoms with E-state index in [1.165, 1.54) is 11.8 Å². The molecule has 3 aromatic heterocycles. The maximum atomic E-state index is 12.1. The van der Waals surface area contributed by atoms with Crippen molar-refractivity contribution in [3.8, 4) is 11.4 Å². The van der Waals surface area contributed by atoms with Gasteiger partial charge < -0.3 is 9.84 Å². The molecule has 7 nitrogen and oxygen atoms in total. The van der Waals surface area contributed by atoms with Gasteiger partial charge in [-0.25, -0.2) is 4.98 Å². The molecule has 0 radical (unpaired) electrons. The van der Waals surface area contributed by atoms with Crippen LogP contribution in [-0.2, 0) is 11.3 Å². The molecule has 8 heteroatoms. The zero-order chi connectivity index (χ0) is 18.4. The number of carbonyl (C=O) groups is 1. The molecule has 0 fully saturated rings. The standard InChI is InChI=1S/C18H19N5O2S/c1-12(2)17-22-16(23-25-17)14-7-5-9-20-18(14)26-11-15(24)21-10-13-6-3-4-8-19-13/h3-9,12H,10-11H2,1-2H3,(H,21,24). The van der Waals surface area contributed by atoms with E-state index in [1.54, 1.807) is 12.4 Å². The third-order valence-electron chi connectivity index (χ3n) is 3.48. The van der Waals surface area contributed by atoms with Crippen LogP contribution in [0.25, 0.3) is 11.4 Å². The lowest BCUT2D eigenvalue weighted by Crippen LogP contribution is -2.25. The Morgan fingerprint density at radius 2 is 2.04 bits per heavy atom. The fraction of sp³-hybridized carbons (Fsp3) is 0.278. The van der Waals surface area contributed by atoms with Gasteiger partial charge in [-0.3, -0.25) is 9.78 Å². The molecule has 0 unspecified atom stereocenters. The molecule has 3 heterocycles. The van der Waals surface area contributed by atoms with Crippen LogP contribution in [0, 0.1) is 0 Å². The van der Waals surface area contributed by atoms with Gasteiger partial charge >= 0.3 is 0 Å². The van der Waals surface area contributed by atoms with E-state index in [1.807, 2.05) is 44.2 Å². The number of amides is 1. The van der Waals surface area contributed by atoms with Crippen LogP contribution in [0.2, 0.25) is 0 Å². The topological polar surface area (TPSA) is 93.8 Å². The normalized spacial score (nSPS) is 10.9. The molecule has 1 N–H and O–H groups in total. The lowest BCUT2D eigenvalue weighted by molar-refractivity contribution is -0.118. The number of rotatable bonds is 7. The van der Waals surface area contributed by atoms with Gasteiger partial charge in [-0.05, 0) is 24.3 Å². The predicted molar refractivity (Wildman–Crippen MR) is 98.4 cm³/mol. The first-order valence-corrected chi connectivity index (χ1v) is 9.20. The van der Waals surface area contributed by atoms with Crippen LogP contribution >= 0.6 is 11.8 Å². The van der Waals surface area contributed by atoms with Crippen LogP contribution in [0.1, 0.15) is 31.4 Å². The maximum absolute atomic E-state index is 12.1. The van der Waals surface area contributed by atoms with Crippen LogP contribution in [0.3, 0.4) is 0 Å². The van der Waals surface area contributed by atoms with Crippen LogP contribution in [-0.4, -0.2) is 31.8 Å². The Hall–Kier alpha value is -2.74. The van der Waals surface area contributed by atoms with Gasteiger partial charge in [0, 0.05) is 18.3 Å². The summed E-state index contributed by atoms with van der Waals surface area (Å²) < 4.78 is 5.26. The Balaban J connectivity index is 1.62. The molecule has 134 valence electrons. The van der Waals surface area contributed by atoms with Gasteiger partial charge in [-0.1, -0.05) is 36.8 Å². The molecule has 3 rings (SSSR count). The van der Waals surface area contributed by atoms with Crippen molar-refractivity contribution in [2.24, 2.45) is 0 Å². The van der Waals surface area contributed by atoms with Gasteiger partial charge in [0.05, 0.1) is 23.6 Å². The van der Waals surface area contributed by atoms with Crippen LogP contribution in [0.5, 0.6) is 0 Å². The van der Waals surface area contributed by atoms with Crippen molar-refractivity contribution >= 4 is 17.7 Å². The average molecular weight is 369 g/mol. The van der Waals surface area contributed by atoms with E-state index >= 15 is 0 Å². The third kappa shape index (κ3) is 4.66. The quantitative estimate of drug-likeness (QED) is 0.640. The predicted octanol–water partition coefficient (Wildman–Crippen LogP) is 3.06. The van der Waals surface area contributed by atoms with E-state index in [-0.39, 0.29) is 17.6 Å². The van der Waals surface area contributed by atoms with Gasteiger partial charge in [0.15, 0.2) is 0 Å². The zero-order valence-electron chi connectivity index (χ0n) is 14.5. The lowest BCUT2D eigenvalue weighted by atomic mass is 10.2. The highest BCUT2D eigenvalue weighted by molar-refractivity contribution is 8.00. The van der Waals surface area contributed by atoms with Crippen molar-refractivity contribution in [3.63, 3.8) is 0 Å². The van der Waals surface area contributed by atoms with Gasteiger partial charge in [0.1, 0.15) is 5.03 Å². The summed E-state index contributed by atoms with van der Waals surface area (Å²) in [6.07, 6.45) is 3.38. The molecule has 0 aromatic carbocycles. The minimum absolute atomic E-state index is 0.0896. The second-order valence-corrected chi connectivity index (χ2v) is 6.82. The molecule has 3 aromatic rings. The number of carbonyl (C=O) groups excluding carboxylic acids is 1. The summed E-state index contributed by atoms with van der Waals surface area (Å²) in [7, 11) is 0. The number of aromatic nitrogens is 4. The summed E-state index contributed by atoms with van der Waals surface area (Å²) in [4.78, 5) is 25.0. The number of hydrogen-bond acceptors (Lipinski definition) is 7. The number of hydrogen-bond donors (Lipinski definition) is 1. The molecular formula is C18H19N5O2S. The molecule has 0 atom stereocenters. The van der Waals surface area contributed by atoms with Crippen molar-refractivity contribution < 1.29 is 9.32 Å². The fourth-order valence-electron chi connectivity index (χ4n) is 2.13. The second kappa shape index (κ2) is 8.57. The van der Waals surface area contributed by atoms with E-state index in [9.17, 15) is 4.79 Å². The molecule has 0 aliphatic rings. The summed E-state index contributed by atoms with van der Waals surface area (Å²) in [6.45, 7) is 4.38. The van der Waals surface area contributed by atoms with Crippen molar-refractivity contribution in [1.82, 2.24) is 25.4 Å². The fourth-order valence-corrected chi connectivity index (χ4v) is 2.95. The minimum atomic E-state index is -0.0896. The second-order valence-electron chi connectivity index (χ2n) is 5.85. The highest BCUT2D eigenvalue weighted by atomic mass is 32.2. The number of nitrogens with one attached hydrogen (secondary N) is 1. The minimum Gasteiger partial charge on any atom is -0.350 e. The first-order chi connectivity index (χ1) is 12.6. The first-order valence-electron chi connectivity index (χ1n) is 8.22. The van der Waals surface area contributed by atoms with Crippen molar-refractivity contribution in [2.45, 2.75) is 31.3 Å². The van der Waals surface area contributed by atoms with Crippen molar-refractivity contribution in [2.75, 3.05) is 5.75 Å². The Bertz CT molecular complexity index is 867. The number of nitrogens with zero attached hydrogens (tertiary/aromatic N) is 4. The maximum Gasteiger partial charge on any atom is 0.230 e. The van der Waals surface area contributed by atoms with E-state index in [2.05, 4.69) is 25.4 Å². The molecule has 0 aliphatic heterocycles. The van der Waals surface area contributed by atoms with Crippen molar-refractivity contribution in [1.29, 1.82) is 0 Å². The van der Waals surface area contributed by atoms with Gasteiger partial charge in [-0.15, -0.1) is 0 Å². The summed E-state index contributed by atoms with van der Waals surface area (Å²) in [5.74, 6) is 1.37. The monoisotopic (exact) mass is 369 g/mol. The Morgan fingerprint density at radius 3 is 2.77 bits per heavy atom. The Kier molecular flexibility index (Phi) is 5.96. The Morgan fingerprint density at radius 1 is 1.19 bits per heavy atom.